The summed E-state index contributed by atoms with van der Waals surface area (Å²) in [6.45, 7) is 0. The van der Waals surface area contributed by atoms with Gasteiger partial charge in [0.05, 0.1) is 22.4 Å². The summed E-state index contributed by atoms with van der Waals surface area (Å²) in [7, 11) is 0. The number of aromatic nitrogens is 2. The number of para-hydroxylation sites is 2. The van der Waals surface area contributed by atoms with Crippen LogP contribution in [0.1, 0.15) is 11.4 Å². The van der Waals surface area contributed by atoms with Crippen molar-refractivity contribution in [1.29, 1.82) is 0 Å². The highest BCUT2D eigenvalue weighted by molar-refractivity contribution is 7.81. The lowest BCUT2D eigenvalue weighted by molar-refractivity contribution is 1.37. The minimum Gasteiger partial charge on any atom is -0.345 e. The third-order valence-corrected chi connectivity index (χ3v) is 5.69. The molecule has 0 bridgehead atoms. The molecule has 2 heterocycles. The van der Waals surface area contributed by atoms with Gasteiger partial charge in [-0.15, -0.1) is 0 Å². The Balaban J connectivity index is 1.26. The number of pyridine rings is 2. The summed E-state index contributed by atoms with van der Waals surface area (Å²) in [6, 6.07) is 31.7. The van der Waals surface area contributed by atoms with Crippen molar-refractivity contribution < 1.29 is 0 Å². The first-order valence-corrected chi connectivity index (χ1v) is 10.9. The molecule has 0 aliphatic heterocycles. The molecule has 0 aliphatic carbocycles. The van der Waals surface area contributed by atoms with E-state index >= 15 is 0 Å². The van der Waals surface area contributed by atoms with E-state index in [4.69, 9.17) is 24.4 Å². The van der Waals surface area contributed by atoms with Gasteiger partial charge in [0.15, 0.2) is 0 Å². The molecule has 6 heteroatoms. The topological polar surface area (TPSA) is 49.8 Å². The number of nitrogens with one attached hydrogen (secondary N) is 2. The highest BCUT2D eigenvalue weighted by atomic mass is 32.1. The van der Waals surface area contributed by atoms with Gasteiger partial charge in [0.25, 0.3) is 0 Å². The fourth-order valence-corrected chi connectivity index (χ4v) is 3.88. The first kappa shape index (κ1) is 20.2. The van der Waals surface area contributed by atoms with Crippen molar-refractivity contribution >= 4 is 67.6 Å². The lowest BCUT2D eigenvalue weighted by Crippen LogP contribution is -2.13. The molecule has 2 N–H and O–H groups in total. The van der Waals surface area contributed by atoms with E-state index in [0.717, 1.165) is 44.6 Å². The lowest BCUT2D eigenvalue weighted by atomic mass is 10.2. The Morgan fingerprint density at radius 2 is 0.906 bits per heavy atom. The molecular formula is C26H18N4S2. The molecule has 0 saturated carbocycles. The van der Waals surface area contributed by atoms with Crippen molar-refractivity contribution in [2.45, 2.75) is 0 Å². The SMILES string of the molecule is S=C(Nc1ccc(NC(=S)c2ccc3ccccc3n2)cc1)c1ccc2ccccc2n1. The molecular weight excluding hydrogens is 432 g/mol. The molecule has 0 aliphatic rings. The molecule has 4 nitrogen and oxygen atoms in total. The van der Waals surface area contributed by atoms with Gasteiger partial charge in [-0.2, -0.15) is 0 Å². The Morgan fingerprint density at radius 3 is 1.34 bits per heavy atom. The second kappa shape index (κ2) is 8.78. The zero-order valence-electron chi connectivity index (χ0n) is 16.9. The first-order chi connectivity index (χ1) is 15.7. The van der Waals surface area contributed by atoms with Crippen molar-refractivity contribution in [3.8, 4) is 0 Å². The third-order valence-electron chi connectivity index (χ3n) is 5.06. The van der Waals surface area contributed by atoms with Crippen LogP contribution in [-0.4, -0.2) is 19.9 Å². The molecule has 0 radical (unpaired) electrons. The Hall–Kier alpha value is -3.74. The second-order valence-corrected chi connectivity index (χ2v) is 8.08. The molecule has 2 aromatic heterocycles. The summed E-state index contributed by atoms with van der Waals surface area (Å²) in [4.78, 5) is 10.4. The summed E-state index contributed by atoms with van der Waals surface area (Å²) in [5.74, 6) is 0. The normalized spacial score (nSPS) is 10.8. The molecule has 0 spiro atoms. The zero-order chi connectivity index (χ0) is 21.9. The van der Waals surface area contributed by atoms with Crippen LogP contribution in [0.3, 0.4) is 0 Å². The van der Waals surface area contributed by atoms with Gasteiger partial charge in [0, 0.05) is 22.1 Å². The average Bonchev–Trinajstić information content (AvgIpc) is 2.84. The van der Waals surface area contributed by atoms with Gasteiger partial charge in [0.2, 0.25) is 0 Å². The van der Waals surface area contributed by atoms with Crippen LogP contribution in [0.15, 0.2) is 97.1 Å². The fraction of sp³-hybridized carbons (Fsp3) is 0. The molecule has 0 fully saturated rings. The van der Waals surface area contributed by atoms with E-state index in [9.17, 15) is 0 Å². The van der Waals surface area contributed by atoms with E-state index in [-0.39, 0.29) is 0 Å². The predicted octanol–water partition coefficient (Wildman–Crippen LogP) is 6.36. The molecule has 3 aromatic carbocycles. The molecule has 0 unspecified atom stereocenters. The van der Waals surface area contributed by atoms with Crippen LogP contribution in [0.2, 0.25) is 0 Å². The average molecular weight is 451 g/mol. The van der Waals surface area contributed by atoms with Crippen molar-refractivity contribution in [1.82, 2.24) is 9.97 Å². The van der Waals surface area contributed by atoms with Crippen LogP contribution in [0.4, 0.5) is 11.4 Å². The first-order valence-electron chi connectivity index (χ1n) is 10.1. The summed E-state index contributed by atoms with van der Waals surface area (Å²) in [5.41, 5.74) is 5.08. The molecule has 5 aromatic rings. The van der Waals surface area contributed by atoms with Gasteiger partial charge in [-0.05, 0) is 48.5 Å². The number of nitrogens with zero attached hydrogens (tertiary/aromatic N) is 2. The zero-order valence-corrected chi connectivity index (χ0v) is 18.6. The number of benzene rings is 3. The van der Waals surface area contributed by atoms with Crippen LogP contribution in [0.25, 0.3) is 21.8 Å². The van der Waals surface area contributed by atoms with Gasteiger partial charge in [-0.3, -0.25) is 0 Å². The molecule has 154 valence electrons. The Bertz CT molecular complexity index is 1350. The highest BCUT2D eigenvalue weighted by Gasteiger charge is 2.07. The minimum absolute atomic E-state index is 0.576. The standard InChI is InChI=1S/C26H18N4S2/c31-25(23-15-9-17-5-1-3-7-21(17)29-23)27-19-11-13-20(14-12-19)28-26(32)24-16-10-18-6-2-4-8-22(18)30-24/h1-16H,(H,27,31)(H,28,32). The van der Waals surface area contributed by atoms with Gasteiger partial charge in [0.1, 0.15) is 9.98 Å². The Morgan fingerprint density at radius 1 is 0.500 bits per heavy atom. The monoisotopic (exact) mass is 450 g/mol. The van der Waals surface area contributed by atoms with Crippen LogP contribution in [-0.2, 0) is 0 Å². The van der Waals surface area contributed by atoms with Gasteiger partial charge < -0.3 is 10.6 Å². The minimum atomic E-state index is 0.576. The highest BCUT2D eigenvalue weighted by Crippen LogP contribution is 2.18. The Kier molecular flexibility index (Phi) is 5.54. The number of hydrogen-bond acceptors (Lipinski definition) is 4. The van der Waals surface area contributed by atoms with E-state index in [0.29, 0.717) is 9.98 Å². The van der Waals surface area contributed by atoms with Crippen LogP contribution in [0, 0.1) is 0 Å². The molecule has 0 atom stereocenters. The fourth-order valence-electron chi connectivity index (χ4n) is 3.41. The summed E-state index contributed by atoms with van der Waals surface area (Å²) >= 11 is 11.1. The second-order valence-electron chi connectivity index (χ2n) is 7.26. The van der Waals surface area contributed by atoms with Crippen LogP contribution >= 0.6 is 24.4 Å². The summed E-state index contributed by atoms with van der Waals surface area (Å²) in [5, 5.41) is 8.68. The molecule has 0 saturated heterocycles. The van der Waals surface area contributed by atoms with E-state index in [1.807, 2.05) is 97.1 Å². The van der Waals surface area contributed by atoms with Crippen molar-refractivity contribution in [2.75, 3.05) is 10.6 Å². The summed E-state index contributed by atoms with van der Waals surface area (Å²) in [6.07, 6.45) is 0. The van der Waals surface area contributed by atoms with Gasteiger partial charge >= 0.3 is 0 Å². The maximum Gasteiger partial charge on any atom is 0.129 e. The number of hydrogen-bond donors (Lipinski definition) is 2. The lowest BCUT2D eigenvalue weighted by Gasteiger charge is -2.11. The quantitative estimate of drug-likeness (QED) is 0.311. The van der Waals surface area contributed by atoms with E-state index in [1.165, 1.54) is 0 Å². The number of rotatable bonds is 4. The summed E-state index contributed by atoms with van der Waals surface area (Å²) < 4.78 is 0. The largest absolute Gasteiger partial charge is 0.345 e. The van der Waals surface area contributed by atoms with Crippen molar-refractivity contribution in [2.24, 2.45) is 0 Å². The molecule has 32 heavy (non-hydrogen) atoms. The van der Waals surface area contributed by atoms with Crippen molar-refractivity contribution in [3.63, 3.8) is 0 Å². The number of fused-ring (bicyclic) bond motifs is 2. The predicted molar refractivity (Wildman–Crippen MR) is 141 cm³/mol. The number of anilines is 2. The smallest absolute Gasteiger partial charge is 0.129 e. The maximum absolute atomic E-state index is 5.55. The van der Waals surface area contributed by atoms with Crippen LogP contribution in [0.5, 0.6) is 0 Å². The van der Waals surface area contributed by atoms with Gasteiger partial charge in [-0.1, -0.05) is 73.0 Å². The maximum atomic E-state index is 5.55. The van der Waals surface area contributed by atoms with Crippen LogP contribution < -0.4 is 10.6 Å². The van der Waals surface area contributed by atoms with E-state index < -0.39 is 0 Å². The third kappa shape index (κ3) is 4.32. The van der Waals surface area contributed by atoms with E-state index in [1.54, 1.807) is 0 Å². The van der Waals surface area contributed by atoms with Crippen molar-refractivity contribution in [3.05, 3.63) is 108 Å². The molecule has 0 amide bonds. The molecule has 5 rings (SSSR count). The number of thiocarbonyl (C=S) groups is 2. The van der Waals surface area contributed by atoms with Gasteiger partial charge in [-0.25, -0.2) is 9.97 Å². The Labute approximate surface area is 196 Å². The van der Waals surface area contributed by atoms with E-state index in [2.05, 4.69) is 20.6 Å².